The van der Waals surface area contributed by atoms with Crippen LogP contribution in [0.15, 0.2) is 83.7 Å². The van der Waals surface area contributed by atoms with E-state index in [-0.39, 0.29) is 18.0 Å². The molecule has 1 N–H and O–H groups in total. The van der Waals surface area contributed by atoms with Crippen LogP contribution in [0.1, 0.15) is 11.3 Å². The van der Waals surface area contributed by atoms with E-state index in [4.69, 9.17) is 0 Å². The Balaban J connectivity index is 1.44. The fourth-order valence-corrected chi connectivity index (χ4v) is 3.38. The van der Waals surface area contributed by atoms with Gasteiger partial charge in [0.15, 0.2) is 0 Å². The van der Waals surface area contributed by atoms with Gasteiger partial charge in [0, 0.05) is 12.4 Å². The van der Waals surface area contributed by atoms with Crippen LogP contribution in [0.5, 0.6) is 0 Å². The number of amides is 1. The SMILES string of the molecule is Cn1nc(CNC(=O)Cc2ccc(-c3ccccc3)cc2)c2ccccc2c1=O. The van der Waals surface area contributed by atoms with Crippen LogP contribution in [0.3, 0.4) is 0 Å². The first-order valence-corrected chi connectivity index (χ1v) is 9.48. The summed E-state index contributed by atoms with van der Waals surface area (Å²) in [4.78, 5) is 24.6. The second-order valence-electron chi connectivity index (χ2n) is 6.94. The van der Waals surface area contributed by atoms with Crippen molar-refractivity contribution >= 4 is 16.7 Å². The number of nitrogens with one attached hydrogen (secondary N) is 1. The van der Waals surface area contributed by atoms with Gasteiger partial charge in [-0.05, 0) is 22.8 Å². The number of benzene rings is 3. The van der Waals surface area contributed by atoms with E-state index in [0.29, 0.717) is 17.5 Å². The summed E-state index contributed by atoms with van der Waals surface area (Å²) in [5.74, 6) is -0.0859. The van der Waals surface area contributed by atoms with Gasteiger partial charge in [0.2, 0.25) is 5.91 Å². The third kappa shape index (κ3) is 4.09. The molecule has 1 amide bonds. The predicted octanol–water partition coefficient (Wildman–Crippen LogP) is 3.46. The summed E-state index contributed by atoms with van der Waals surface area (Å²) in [6, 6.07) is 25.5. The number of hydrogen-bond acceptors (Lipinski definition) is 3. The zero-order valence-electron chi connectivity index (χ0n) is 16.1. The Morgan fingerprint density at radius 2 is 1.48 bits per heavy atom. The number of carbonyl (C=O) groups excluding carboxylic acids is 1. The molecule has 0 saturated heterocycles. The molecule has 29 heavy (non-hydrogen) atoms. The summed E-state index contributed by atoms with van der Waals surface area (Å²) in [6.07, 6.45) is 0.290. The number of fused-ring (bicyclic) bond motifs is 1. The molecule has 0 fully saturated rings. The minimum atomic E-state index is -0.144. The summed E-state index contributed by atoms with van der Waals surface area (Å²) >= 11 is 0. The lowest BCUT2D eigenvalue weighted by molar-refractivity contribution is -0.120. The maximum Gasteiger partial charge on any atom is 0.274 e. The normalized spacial score (nSPS) is 10.8. The molecule has 4 aromatic rings. The van der Waals surface area contributed by atoms with Crippen LogP contribution in [0, 0.1) is 0 Å². The van der Waals surface area contributed by atoms with Crippen LogP contribution < -0.4 is 10.9 Å². The summed E-state index contributed by atoms with van der Waals surface area (Å²) in [5, 5.41) is 8.60. The molecule has 0 aliphatic carbocycles. The molecule has 1 heterocycles. The molecular formula is C24H21N3O2. The molecule has 144 valence electrons. The van der Waals surface area contributed by atoms with E-state index in [9.17, 15) is 9.59 Å². The average molecular weight is 383 g/mol. The first-order valence-electron chi connectivity index (χ1n) is 9.48. The van der Waals surface area contributed by atoms with E-state index in [2.05, 4.69) is 22.5 Å². The highest BCUT2D eigenvalue weighted by atomic mass is 16.1. The van der Waals surface area contributed by atoms with Crippen LogP contribution in [-0.2, 0) is 24.8 Å². The Labute approximate surface area is 168 Å². The fourth-order valence-electron chi connectivity index (χ4n) is 3.38. The molecular weight excluding hydrogens is 362 g/mol. The van der Waals surface area contributed by atoms with Crippen molar-refractivity contribution in [3.63, 3.8) is 0 Å². The van der Waals surface area contributed by atoms with Crippen LogP contribution in [0.25, 0.3) is 21.9 Å². The van der Waals surface area contributed by atoms with Gasteiger partial charge in [0.05, 0.1) is 24.0 Å². The maximum atomic E-state index is 12.4. The van der Waals surface area contributed by atoms with Crippen LogP contribution in [0.2, 0.25) is 0 Å². The van der Waals surface area contributed by atoms with Gasteiger partial charge in [-0.3, -0.25) is 9.59 Å². The van der Waals surface area contributed by atoms with Gasteiger partial charge in [-0.1, -0.05) is 72.8 Å². The molecule has 1 aromatic heterocycles. The van der Waals surface area contributed by atoms with E-state index in [0.717, 1.165) is 22.1 Å². The molecule has 0 atom stereocenters. The molecule has 0 unspecified atom stereocenters. The second kappa shape index (κ2) is 8.10. The van der Waals surface area contributed by atoms with Crippen molar-refractivity contribution in [1.29, 1.82) is 0 Å². The highest BCUT2D eigenvalue weighted by Gasteiger charge is 2.10. The van der Waals surface area contributed by atoms with Gasteiger partial charge in [-0.2, -0.15) is 5.10 Å². The van der Waals surface area contributed by atoms with Crippen LogP contribution in [-0.4, -0.2) is 15.7 Å². The third-order valence-corrected chi connectivity index (χ3v) is 4.91. The van der Waals surface area contributed by atoms with E-state index in [1.54, 1.807) is 13.1 Å². The summed E-state index contributed by atoms with van der Waals surface area (Å²) in [5.41, 5.74) is 3.75. The summed E-state index contributed by atoms with van der Waals surface area (Å²) < 4.78 is 1.31. The number of aromatic nitrogens is 2. The molecule has 0 saturated carbocycles. The Bertz CT molecular complexity index is 1210. The van der Waals surface area contributed by atoms with Crippen molar-refractivity contribution in [3.05, 3.63) is 100 Å². The Morgan fingerprint density at radius 3 is 2.21 bits per heavy atom. The highest BCUT2D eigenvalue weighted by molar-refractivity contribution is 5.84. The average Bonchev–Trinajstić information content (AvgIpc) is 2.76. The molecule has 5 nitrogen and oxygen atoms in total. The van der Waals surface area contributed by atoms with E-state index in [1.165, 1.54) is 4.68 Å². The standard InChI is InChI=1S/C24H21N3O2/c1-27-24(29)21-10-6-5-9-20(21)22(26-27)16-25-23(28)15-17-11-13-19(14-12-17)18-7-3-2-4-8-18/h2-14H,15-16H2,1H3,(H,25,28). The molecule has 0 radical (unpaired) electrons. The van der Waals surface area contributed by atoms with E-state index >= 15 is 0 Å². The van der Waals surface area contributed by atoms with Gasteiger partial charge < -0.3 is 5.32 Å². The first kappa shape index (κ1) is 18.6. The summed E-state index contributed by atoms with van der Waals surface area (Å²) in [6.45, 7) is 0.273. The zero-order chi connectivity index (χ0) is 20.2. The number of nitrogens with zero attached hydrogens (tertiary/aromatic N) is 2. The Kier molecular flexibility index (Phi) is 5.20. The molecule has 0 aliphatic heterocycles. The Morgan fingerprint density at radius 1 is 0.862 bits per heavy atom. The minimum Gasteiger partial charge on any atom is -0.350 e. The second-order valence-corrected chi connectivity index (χ2v) is 6.94. The summed E-state index contributed by atoms with van der Waals surface area (Å²) in [7, 11) is 1.62. The minimum absolute atomic E-state index is 0.0859. The largest absolute Gasteiger partial charge is 0.350 e. The van der Waals surface area contributed by atoms with Crippen molar-refractivity contribution in [2.75, 3.05) is 0 Å². The van der Waals surface area contributed by atoms with Crippen LogP contribution in [0.4, 0.5) is 0 Å². The fraction of sp³-hybridized carbons (Fsp3) is 0.125. The smallest absolute Gasteiger partial charge is 0.274 e. The van der Waals surface area contributed by atoms with E-state index < -0.39 is 0 Å². The number of aryl methyl sites for hydroxylation is 1. The molecule has 0 aliphatic rings. The Hall–Kier alpha value is -3.73. The number of rotatable bonds is 5. The maximum absolute atomic E-state index is 12.4. The topological polar surface area (TPSA) is 64.0 Å². The first-order chi connectivity index (χ1) is 14.1. The van der Waals surface area contributed by atoms with Gasteiger partial charge in [-0.25, -0.2) is 4.68 Å². The lowest BCUT2D eigenvalue weighted by Gasteiger charge is -2.10. The van der Waals surface area contributed by atoms with Crippen molar-refractivity contribution in [2.45, 2.75) is 13.0 Å². The highest BCUT2D eigenvalue weighted by Crippen LogP contribution is 2.19. The molecule has 0 spiro atoms. The lowest BCUT2D eigenvalue weighted by Crippen LogP contribution is -2.28. The van der Waals surface area contributed by atoms with Crippen LogP contribution >= 0.6 is 0 Å². The van der Waals surface area contributed by atoms with Gasteiger partial charge in [0.1, 0.15) is 0 Å². The third-order valence-electron chi connectivity index (χ3n) is 4.91. The van der Waals surface area contributed by atoms with Crippen molar-refractivity contribution in [1.82, 2.24) is 15.1 Å². The molecule has 5 heteroatoms. The van der Waals surface area contributed by atoms with Gasteiger partial charge in [-0.15, -0.1) is 0 Å². The van der Waals surface area contributed by atoms with Crippen molar-refractivity contribution in [2.24, 2.45) is 7.05 Å². The molecule has 3 aromatic carbocycles. The molecule has 4 rings (SSSR count). The monoisotopic (exact) mass is 383 g/mol. The van der Waals surface area contributed by atoms with Crippen molar-refractivity contribution in [3.8, 4) is 11.1 Å². The van der Waals surface area contributed by atoms with E-state index in [1.807, 2.05) is 60.7 Å². The van der Waals surface area contributed by atoms with Crippen molar-refractivity contribution < 1.29 is 4.79 Å². The van der Waals surface area contributed by atoms with Gasteiger partial charge in [0.25, 0.3) is 5.56 Å². The number of carbonyl (C=O) groups is 1. The molecule has 0 bridgehead atoms. The zero-order valence-corrected chi connectivity index (χ0v) is 16.1. The number of hydrogen-bond donors (Lipinski definition) is 1. The van der Waals surface area contributed by atoms with Gasteiger partial charge >= 0.3 is 0 Å². The predicted molar refractivity (Wildman–Crippen MR) is 114 cm³/mol. The quantitative estimate of drug-likeness (QED) is 0.574. The lowest BCUT2D eigenvalue weighted by atomic mass is 10.0.